The summed E-state index contributed by atoms with van der Waals surface area (Å²) < 4.78 is 5.17. The van der Waals surface area contributed by atoms with Crippen LogP contribution in [0.15, 0.2) is 158 Å². The van der Waals surface area contributed by atoms with Crippen LogP contribution in [0.2, 0.25) is 0 Å². The molecule has 1 aliphatic carbocycles. The number of carbonyl (C=O) groups excluding carboxylic acids is 19. The van der Waals surface area contributed by atoms with Crippen LogP contribution in [0.5, 0.6) is 5.75 Å². The van der Waals surface area contributed by atoms with Crippen LogP contribution in [0.3, 0.4) is 0 Å². The summed E-state index contributed by atoms with van der Waals surface area (Å²) in [4.78, 5) is 275. The molecule has 0 bridgehead atoms. The zero-order valence-electron chi connectivity index (χ0n) is 83.8. The Morgan fingerprint density at radius 1 is 0.513 bits per heavy atom. The number of rotatable bonds is 63. The van der Waals surface area contributed by atoms with Crippen LogP contribution in [0.4, 0.5) is 4.79 Å². The number of Topliss-reactive ketones (excluding diaryl/α,β-unsaturated/α-hetero) is 1. The van der Waals surface area contributed by atoms with E-state index in [2.05, 4.69) is 94.4 Å². The second-order valence-corrected chi connectivity index (χ2v) is 40.2. The highest BCUT2D eigenvalue weighted by Crippen LogP contribution is 2.34. The normalized spacial score (nSPS) is 16.3. The summed E-state index contributed by atoms with van der Waals surface area (Å²) >= 11 is 3.68. The number of nitrogens with two attached hydrogens (primary N) is 4. The van der Waals surface area contributed by atoms with Crippen LogP contribution in [0.1, 0.15) is 130 Å². The number of fused-ring (bicyclic) bond motifs is 2. The van der Waals surface area contributed by atoms with E-state index in [0.29, 0.717) is 61.0 Å². The number of likely N-dealkylation sites (tertiary alicyclic amines) is 1. The Morgan fingerprint density at radius 3 is 1.59 bits per heavy atom. The van der Waals surface area contributed by atoms with Gasteiger partial charge in [0.2, 0.25) is 94.5 Å². The number of aromatic hydroxyl groups is 1. The molecular weight excluding hydrogens is 1990 g/mol. The Hall–Kier alpha value is -14.4. The largest absolute Gasteiger partial charge is 0.508 e. The summed E-state index contributed by atoms with van der Waals surface area (Å²) in [6.07, 6.45) is 12.1. The number of imide groups is 2. The number of aromatic amines is 3. The van der Waals surface area contributed by atoms with Gasteiger partial charge in [-0.15, -0.1) is 11.8 Å². The predicted molar refractivity (Wildman–Crippen MR) is 564 cm³/mol. The van der Waals surface area contributed by atoms with E-state index in [1.165, 1.54) is 65.9 Å². The molecule has 8 aromatic rings. The van der Waals surface area contributed by atoms with Gasteiger partial charge in [0.25, 0.3) is 0 Å². The van der Waals surface area contributed by atoms with Crippen LogP contribution < -0.4 is 97.4 Å². The number of nitrogens with zero attached hydrogens (tertiary/aromatic N) is 2. The van der Waals surface area contributed by atoms with Crippen LogP contribution in [0.25, 0.3) is 21.8 Å². The number of amides is 17. The minimum atomic E-state index is -1.49. The van der Waals surface area contributed by atoms with E-state index in [4.69, 9.17) is 27.7 Å². The summed E-state index contributed by atoms with van der Waals surface area (Å²) in [7, 11) is 0. The van der Waals surface area contributed by atoms with Crippen molar-refractivity contribution >= 4 is 170 Å². The highest BCUT2D eigenvalue weighted by atomic mass is 32.2. The summed E-state index contributed by atoms with van der Waals surface area (Å²) in [5, 5.41) is 47.5. The molecule has 26 N–H and O–H groups in total. The number of phenolic OH excluding ortho intramolecular Hbond substituents is 1. The van der Waals surface area contributed by atoms with Gasteiger partial charge in [-0.1, -0.05) is 116 Å². The Labute approximate surface area is 879 Å². The molecule has 150 heavy (non-hydrogen) atoms. The molecular formula is C103H135N23O21S3. The first-order valence-corrected chi connectivity index (χ1v) is 53.6. The van der Waals surface area contributed by atoms with Gasteiger partial charge in [0, 0.05) is 104 Å². The summed E-state index contributed by atoms with van der Waals surface area (Å²) in [5.41, 5.74) is 29.9. The number of thioether (sulfide) groups is 3. The number of alkyl carbamates (subject to hydrolysis) is 1. The van der Waals surface area contributed by atoms with Crippen LogP contribution in [-0.2, 0) is 130 Å². The molecule has 3 aromatic heterocycles. The van der Waals surface area contributed by atoms with Crippen molar-refractivity contribution in [3.63, 3.8) is 0 Å². The SMILES string of the molecule is CSCC[C@@H](NC(=O)[C@@H](C)NC(=O)[C@@H](Cc1c[nH]c2ccccc12)NC(=O)[C@H](N)CCCCC(=O)[C@@H](Cc1c[nH]cn1)NC(=O)[C@@H](Cc1c[nH]c2ccccc12)NC(=O)[C@H](N)Cc1ccccc1)C(=O)N[C@H](CCSC)C(=O)N[C@H](Cc1ccc(O)cc1)C(=O)N[C@H](CCCCN)C(=O)NCC(=O)NCC(=O)NCC(=O)NC(C=O)CN[C@H](CSC1CC(=O)N(CC2CCC(C(=O)NC(=O)OCc3ccccc3)CC2)C1=O)C(N)=O. The maximum atomic E-state index is 14.8. The quantitative estimate of drug-likeness (QED) is 0.0140. The number of benzene rings is 5. The summed E-state index contributed by atoms with van der Waals surface area (Å²) in [6, 6.07) is 23.3. The molecule has 47 heteroatoms. The summed E-state index contributed by atoms with van der Waals surface area (Å²) in [6.45, 7) is -0.798. The number of nitrogens with one attached hydrogen (secondary N) is 17. The first-order valence-electron chi connectivity index (χ1n) is 49.8. The van der Waals surface area contributed by atoms with Gasteiger partial charge in [-0.05, 0) is 173 Å². The average molecular weight is 2130 g/mol. The van der Waals surface area contributed by atoms with Crippen LogP contribution >= 0.6 is 35.3 Å². The van der Waals surface area contributed by atoms with E-state index in [1.807, 2.05) is 78.9 Å². The standard InChI is InChI=1S/C103H135N23O21S3/c1-60(116-99(142)82(44-66-48-109-75-25-13-10-22-71(66)75)122-94(137)73(105)24-12-15-28-85(129)80(46-68-50-108-59-115-68)121-101(144)83(45-67-49-110-76-26-14-11-23-72(67)76)123-95(138)74(106)42-61-18-6-4-7-19-61)92(135)118-78(37-40-148-2)97(140)120-79(38-41-149-3)98(141)124-81(43-62-31-35-70(128)36-32-62)100(143)119-77(27-16-17-39-104)96(139)114-53-88(131)112-52-87(130)113-54-89(132)117-69(56-127)51-111-84(91(107)134)58-150-86-47-90(133)126(102(86)145)55-63-29-33-65(34-30-63)93(136)125-103(146)147-57-64-20-8-5-9-21-64/h4-11,13-14,18-23,25-26,31-32,35-36,48-50,56,59-60,63,65,69,73-74,77-84,86,109-111,128H,12,15-17,24,27-30,33-34,37-47,51-55,57-58,104-106H2,1-3H3,(H2,107,134)(H,108,115)(H,112,131)(H,113,130)(H,114,139)(H,116,142)(H,117,132)(H,118,135)(H,119,143)(H,120,140)(H,121,144)(H,122,137)(H,123,138)(H,124,141)(H,125,136,146)/t60-,63?,65?,69?,73-,74-,77-,78-,79-,80-,81-,82-,83-,84-,86?/m1/s1. The molecule has 0 spiro atoms. The third-order valence-corrected chi connectivity index (χ3v) is 28.2. The minimum Gasteiger partial charge on any atom is -0.508 e. The fourth-order valence-corrected chi connectivity index (χ4v) is 19.3. The number of para-hydroxylation sites is 2. The van der Waals surface area contributed by atoms with E-state index in [1.54, 1.807) is 61.4 Å². The van der Waals surface area contributed by atoms with Crippen molar-refractivity contribution in [3.8, 4) is 5.75 Å². The zero-order chi connectivity index (χ0) is 108. The number of ketones is 1. The average Bonchev–Trinajstić information content (AvgIpc) is 1.68. The number of primary amides is 1. The Bertz CT molecular complexity index is 5920. The maximum Gasteiger partial charge on any atom is 0.414 e. The van der Waals surface area contributed by atoms with Gasteiger partial charge in [0.15, 0.2) is 5.78 Å². The molecule has 2 aliphatic rings. The molecule has 2 unspecified atom stereocenters. The van der Waals surface area contributed by atoms with Crippen molar-refractivity contribution in [1.82, 2.24) is 99.3 Å². The number of carbonyl (C=O) groups is 19. The van der Waals surface area contributed by atoms with Crippen LogP contribution in [0, 0.1) is 11.8 Å². The van der Waals surface area contributed by atoms with E-state index in [9.17, 15) is 96.2 Å². The molecule has 17 amide bonds. The first-order chi connectivity index (χ1) is 72.2. The number of ether oxygens (including phenoxy) is 1. The Morgan fingerprint density at radius 2 is 1.02 bits per heavy atom. The van der Waals surface area contributed by atoms with Gasteiger partial charge < -0.3 is 122 Å². The molecule has 4 heterocycles. The van der Waals surface area contributed by atoms with Gasteiger partial charge in [-0.2, -0.15) is 23.5 Å². The van der Waals surface area contributed by atoms with Crippen molar-refractivity contribution in [3.05, 3.63) is 192 Å². The van der Waals surface area contributed by atoms with Gasteiger partial charge in [0.05, 0.1) is 67.1 Å². The Balaban J connectivity index is 0.684. The lowest BCUT2D eigenvalue weighted by molar-refractivity contribution is -0.140. The third kappa shape index (κ3) is 38.0. The summed E-state index contributed by atoms with van der Waals surface area (Å²) in [5.74, 6) is -12.4. The second-order valence-electron chi connectivity index (χ2n) is 37.0. The van der Waals surface area contributed by atoms with E-state index in [0.717, 1.165) is 50.3 Å². The van der Waals surface area contributed by atoms with Crippen molar-refractivity contribution < 1.29 is 101 Å². The molecule has 44 nitrogen and oxygen atoms in total. The molecule has 2 fully saturated rings. The van der Waals surface area contributed by atoms with Gasteiger partial charge >= 0.3 is 6.09 Å². The molecule has 0 radical (unpaired) electrons. The fourth-order valence-electron chi connectivity index (χ4n) is 17.1. The fraction of sp³-hybridized carbons (Fsp3) is 0.456. The lowest BCUT2D eigenvalue weighted by Gasteiger charge is -2.30. The third-order valence-electron chi connectivity index (χ3n) is 25.6. The number of phenols is 1. The van der Waals surface area contributed by atoms with Gasteiger partial charge in [-0.25, -0.2) is 9.78 Å². The van der Waals surface area contributed by atoms with Crippen molar-refractivity contribution in [2.45, 2.75) is 213 Å². The van der Waals surface area contributed by atoms with Crippen molar-refractivity contribution in [2.24, 2.45) is 34.8 Å². The number of imidazole rings is 1. The number of H-pyrrole nitrogens is 3. The van der Waals surface area contributed by atoms with Crippen molar-refractivity contribution in [2.75, 3.05) is 69.0 Å². The van der Waals surface area contributed by atoms with E-state index < -0.39 is 204 Å². The lowest BCUT2D eigenvalue weighted by atomic mass is 9.81. The van der Waals surface area contributed by atoms with E-state index >= 15 is 0 Å². The number of aldehydes is 1. The van der Waals surface area contributed by atoms with Crippen molar-refractivity contribution in [1.29, 1.82) is 0 Å². The number of aromatic nitrogens is 4. The predicted octanol–water partition coefficient (Wildman–Crippen LogP) is 0.505. The zero-order valence-corrected chi connectivity index (χ0v) is 86.2. The number of hydrogen-bond donors (Lipinski definition) is 22. The maximum absolute atomic E-state index is 14.8. The lowest BCUT2D eigenvalue weighted by Crippen LogP contribution is -2.60. The Kier molecular flexibility index (Phi) is 47.7. The number of hydrogen-bond acceptors (Lipinski definition) is 29. The number of unbranched alkanes of at least 4 members (excludes halogenated alkanes) is 2. The highest BCUT2D eigenvalue weighted by Gasteiger charge is 2.43. The molecule has 1 saturated heterocycles. The minimum absolute atomic E-state index is 0.00739. The van der Waals surface area contributed by atoms with Gasteiger partial charge in [-0.3, -0.25) is 91.7 Å². The monoisotopic (exact) mass is 2130 g/mol. The topological polar surface area (TPSA) is 690 Å². The second kappa shape index (κ2) is 60.9. The van der Waals surface area contributed by atoms with Crippen LogP contribution in [-0.4, -0.2) is 289 Å². The van der Waals surface area contributed by atoms with E-state index in [-0.39, 0.29) is 145 Å². The molecule has 5 aromatic carbocycles. The molecule has 806 valence electrons. The molecule has 1 aliphatic heterocycles. The molecule has 10 rings (SSSR count). The molecule has 13 atom stereocenters. The first kappa shape index (κ1) is 118. The van der Waals surface area contributed by atoms with Gasteiger partial charge in [0.1, 0.15) is 60.9 Å². The molecule has 1 saturated carbocycles. The smallest absolute Gasteiger partial charge is 0.414 e. The highest BCUT2D eigenvalue weighted by molar-refractivity contribution is 8.00.